The molecule has 136 valence electrons. The SMILES string of the molecule is CC(C)[C@@H]1CC[C@H](C)c2c(-c3ccc4ccccc4c3)nn(CCO)c21. The van der Waals surface area contributed by atoms with E-state index in [-0.39, 0.29) is 6.61 Å². The van der Waals surface area contributed by atoms with E-state index in [0.717, 1.165) is 5.69 Å². The molecule has 3 heteroatoms. The van der Waals surface area contributed by atoms with Crippen molar-refractivity contribution in [2.24, 2.45) is 5.92 Å². The molecule has 26 heavy (non-hydrogen) atoms. The first-order valence-electron chi connectivity index (χ1n) is 9.80. The highest BCUT2D eigenvalue weighted by molar-refractivity contribution is 5.87. The quantitative estimate of drug-likeness (QED) is 0.692. The van der Waals surface area contributed by atoms with Crippen LogP contribution in [0.15, 0.2) is 42.5 Å². The van der Waals surface area contributed by atoms with Gasteiger partial charge in [0.05, 0.1) is 18.8 Å². The second-order valence-corrected chi connectivity index (χ2v) is 7.99. The minimum Gasteiger partial charge on any atom is -0.394 e. The van der Waals surface area contributed by atoms with Crippen molar-refractivity contribution in [2.45, 2.75) is 52.0 Å². The van der Waals surface area contributed by atoms with Crippen molar-refractivity contribution in [3.8, 4) is 11.3 Å². The first kappa shape index (κ1) is 17.3. The number of benzene rings is 2. The first-order valence-corrected chi connectivity index (χ1v) is 9.80. The Labute approximate surface area is 155 Å². The lowest BCUT2D eigenvalue weighted by atomic mass is 9.75. The molecule has 0 saturated carbocycles. The van der Waals surface area contributed by atoms with Crippen LogP contribution in [0.25, 0.3) is 22.0 Å². The Morgan fingerprint density at radius 1 is 1.12 bits per heavy atom. The maximum atomic E-state index is 9.57. The molecular weight excluding hydrogens is 320 g/mol. The van der Waals surface area contributed by atoms with Crippen LogP contribution in [0.3, 0.4) is 0 Å². The minimum atomic E-state index is 0.129. The van der Waals surface area contributed by atoms with Crippen LogP contribution in [0.5, 0.6) is 0 Å². The smallest absolute Gasteiger partial charge is 0.0961 e. The summed E-state index contributed by atoms with van der Waals surface area (Å²) in [5.74, 6) is 1.61. The molecule has 0 fully saturated rings. The van der Waals surface area contributed by atoms with Crippen molar-refractivity contribution >= 4 is 10.8 Å². The summed E-state index contributed by atoms with van der Waals surface area (Å²) in [4.78, 5) is 0. The van der Waals surface area contributed by atoms with Gasteiger partial charge >= 0.3 is 0 Å². The Balaban J connectivity index is 1.92. The topological polar surface area (TPSA) is 38.0 Å². The molecule has 0 bridgehead atoms. The van der Waals surface area contributed by atoms with Gasteiger partial charge in [0.15, 0.2) is 0 Å². The van der Waals surface area contributed by atoms with Gasteiger partial charge in [0.2, 0.25) is 0 Å². The minimum absolute atomic E-state index is 0.129. The second-order valence-electron chi connectivity index (χ2n) is 7.99. The molecule has 0 spiro atoms. The van der Waals surface area contributed by atoms with Crippen molar-refractivity contribution < 1.29 is 5.11 Å². The molecule has 3 aromatic rings. The third kappa shape index (κ3) is 2.84. The summed E-state index contributed by atoms with van der Waals surface area (Å²) in [6.45, 7) is 7.63. The summed E-state index contributed by atoms with van der Waals surface area (Å²) < 4.78 is 2.08. The number of hydrogen-bond donors (Lipinski definition) is 1. The molecule has 1 heterocycles. The third-order valence-electron chi connectivity index (χ3n) is 5.92. The predicted octanol–water partition coefficient (Wildman–Crippen LogP) is 5.33. The van der Waals surface area contributed by atoms with E-state index in [1.54, 1.807) is 0 Å². The van der Waals surface area contributed by atoms with Crippen molar-refractivity contribution in [3.63, 3.8) is 0 Å². The molecule has 0 unspecified atom stereocenters. The molecule has 2 aromatic carbocycles. The molecule has 0 amide bonds. The second kappa shape index (κ2) is 6.88. The highest BCUT2D eigenvalue weighted by atomic mass is 16.3. The number of aromatic nitrogens is 2. The van der Waals surface area contributed by atoms with Crippen LogP contribution >= 0.6 is 0 Å². The van der Waals surface area contributed by atoms with Crippen molar-refractivity contribution in [1.29, 1.82) is 0 Å². The fraction of sp³-hybridized carbons (Fsp3) is 0.435. The average molecular weight is 348 g/mol. The highest BCUT2D eigenvalue weighted by Crippen LogP contribution is 2.46. The number of nitrogens with zero attached hydrogens (tertiary/aromatic N) is 2. The zero-order chi connectivity index (χ0) is 18.3. The summed E-state index contributed by atoms with van der Waals surface area (Å²) in [6, 6.07) is 15.1. The van der Waals surface area contributed by atoms with E-state index < -0.39 is 0 Å². The van der Waals surface area contributed by atoms with E-state index >= 15 is 0 Å². The lowest BCUT2D eigenvalue weighted by Gasteiger charge is -2.31. The predicted molar refractivity (Wildman–Crippen MR) is 107 cm³/mol. The maximum Gasteiger partial charge on any atom is 0.0961 e. The summed E-state index contributed by atoms with van der Waals surface area (Å²) in [6.07, 6.45) is 2.42. The van der Waals surface area contributed by atoms with Gasteiger partial charge < -0.3 is 5.11 Å². The Morgan fingerprint density at radius 2 is 1.88 bits per heavy atom. The zero-order valence-electron chi connectivity index (χ0n) is 15.9. The van der Waals surface area contributed by atoms with Crippen molar-refractivity contribution in [1.82, 2.24) is 9.78 Å². The Hall–Kier alpha value is -2.13. The standard InChI is InChI=1S/C23H28N2O/c1-15(2)20-11-8-16(3)21-22(24-25(12-13-26)23(20)21)19-10-9-17-6-4-5-7-18(17)14-19/h4-7,9-10,14-16,20,26H,8,11-13H2,1-3H3/t16-,20-/m0/s1. The summed E-state index contributed by atoms with van der Waals surface area (Å²) in [7, 11) is 0. The summed E-state index contributed by atoms with van der Waals surface area (Å²) in [5.41, 5.74) is 5.06. The van der Waals surface area contributed by atoms with Gasteiger partial charge in [-0.05, 0) is 41.5 Å². The van der Waals surface area contributed by atoms with Gasteiger partial charge in [0, 0.05) is 22.7 Å². The van der Waals surface area contributed by atoms with E-state index in [9.17, 15) is 5.11 Å². The Morgan fingerprint density at radius 3 is 2.62 bits per heavy atom. The number of rotatable bonds is 4. The largest absolute Gasteiger partial charge is 0.394 e. The van der Waals surface area contributed by atoms with E-state index in [4.69, 9.17) is 5.10 Å². The van der Waals surface area contributed by atoms with Crippen LogP contribution in [0.2, 0.25) is 0 Å². The van der Waals surface area contributed by atoms with Gasteiger partial charge in [-0.1, -0.05) is 57.2 Å². The van der Waals surface area contributed by atoms with Crippen LogP contribution in [0.4, 0.5) is 0 Å². The van der Waals surface area contributed by atoms with Crippen LogP contribution in [0.1, 0.15) is 56.7 Å². The van der Waals surface area contributed by atoms with Gasteiger partial charge in [-0.2, -0.15) is 5.10 Å². The molecule has 1 aliphatic rings. The van der Waals surface area contributed by atoms with Crippen LogP contribution in [0, 0.1) is 5.92 Å². The molecule has 0 saturated heterocycles. The fourth-order valence-corrected chi connectivity index (χ4v) is 4.54. The highest BCUT2D eigenvalue weighted by Gasteiger charge is 2.34. The van der Waals surface area contributed by atoms with Crippen LogP contribution in [-0.2, 0) is 6.54 Å². The van der Waals surface area contributed by atoms with Crippen LogP contribution < -0.4 is 0 Å². The summed E-state index contributed by atoms with van der Waals surface area (Å²) >= 11 is 0. The third-order valence-corrected chi connectivity index (χ3v) is 5.92. The van der Waals surface area contributed by atoms with E-state index in [1.165, 1.54) is 40.4 Å². The van der Waals surface area contributed by atoms with Gasteiger partial charge in [-0.3, -0.25) is 4.68 Å². The van der Waals surface area contributed by atoms with E-state index in [2.05, 4.69) is 67.9 Å². The molecule has 1 N–H and O–H groups in total. The maximum absolute atomic E-state index is 9.57. The zero-order valence-corrected chi connectivity index (χ0v) is 15.9. The van der Waals surface area contributed by atoms with E-state index in [1.807, 2.05) is 0 Å². The van der Waals surface area contributed by atoms with Gasteiger partial charge in [0.1, 0.15) is 0 Å². The first-order chi connectivity index (χ1) is 12.6. The molecule has 0 radical (unpaired) electrons. The molecule has 1 aliphatic carbocycles. The molecule has 3 nitrogen and oxygen atoms in total. The van der Waals surface area contributed by atoms with Crippen molar-refractivity contribution in [2.75, 3.05) is 6.61 Å². The molecular formula is C23H28N2O. The van der Waals surface area contributed by atoms with E-state index in [0.29, 0.717) is 24.3 Å². The number of hydrogen-bond acceptors (Lipinski definition) is 2. The normalized spacial score (nSPS) is 19.9. The monoisotopic (exact) mass is 348 g/mol. The van der Waals surface area contributed by atoms with Gasteiger partial charge in [-0.15, -0.1) is 0 Å². The molecule has 0 aliphatic heterocycles. The van der Waals surface area contributed by atoms with Crippen LogP contribution in [-0.4, -0.2) is 21.5 Å². The molecule has 2 atom stereocenters. The van der Waals surface area contributed by atoms with Gasteiger partial charge in [-0.25, -0.2) is 0 Å². The summed E-state index contributed by atoms with van der Waals surface area (Å²) in [5, 5.41) is 17.1. The van der Waals surface area contributed by atoms with Crippen molar-refractivity contribution in [3.05, 3.63) is 53.7 Å². The lowest BCUT2D eigenvalue weighted by molar-refractivity contribution is 0.261. The average Bonchev–Trinajstić information content (AvgIpc) is 3.02. The fourth-order valence-electron chi connectivity index (χ4n) is 4.54. The Kier molecular flexibility index (Phi) is 4.58. The number of aliphatic hydroxyl groups excluding tert-OH is 1. The van der Waals surface area contributed by atoms with Gasteiger partial charge in [0.25, 0.3) is 0 Å². The molecule has 1 aromatic heterocycles. The number of aliphatic hydroxyl groups is 1. The molecule has 4 rings (SSSR count). The lowest BCUT2D eigenvalue weighted by Crippen LogP contribution is -2.21. The number of fused-ring (bicyclic) bond motifs is 2. The Bertz CT molecular complexity index is 925.